The van der Waals surface area contributed by atoms with E-state index in [4.69, 9.17) is 0 Å². The molecular weight excluding hydrogens is 166 g/mol. The lowest BCUT2D eigenvalue weighted by molar-refractivity contribution is 0.511. The molecule has 2 rings (SSSR count). The van der Waals surface area contributed by atoms with Crippen molar-refractivity contribution in [3.63, 3.8) is 0 Å². The van der Waals surface area contributed by atoms with Crippen LogP contribution in [-0.2, 0) is 13.0 Å². The highest BCUT2D eigenvalue weighted by Gasteiger charge is 2.17. The predicted octanol–water partition coefficient (Wildman–Crippen LogP) is 0.403. The van der Waals surface area contributed by atoms with Gasteiger partial charge in [-0.25, -0.2) is 0 Å². The fraction of sp³-hybridized carbons (Fsp3) is 0.667. The van der Waals surface area contributed by atoms with Gasteiger partial charge in [0.05, 0.1) is 5.56 Å². The standard InChI is InChI=1S/C9H15N3O/c1-6(2)12-9(13)7-5-10-4-3-8(7)11-12/h6,10-11H,3-5H2,1-2H3. The first-order chi connectivity index (χ1) is 6.20. The molecule has 0 atom stereocenters. The van der Waals surface area contributed by atoms with Crippen molar-refractivity contribution in [3.05, 3.63) is 21.6 Å². The van der Waals surface area contributed by atoms with Crippen molar-refractivity contribution in [2.24, 2.45) is 0 Å². The molecule has 0 aliphatic carbocycles. The van der Waals surface area contributed by atoms with Gasteiger partial charge in [0.15, 0.2) is 0 Å². The first-order valence-corrected chi connectivity index (χ1v) is 4.73. The second-order valence-electron chi connectivity index (χ2n) is 3.76. The maximum absolute atomic E-state index is 11.7. The van der Waals surface area contributed by atoms with Gasteiger partial charge in [0.1, 0.15) is 0 Å². The summed E-state index contributed by atoms with van der Waals surface area (Å²) in [6.07, 6.45) is 0.935. The quantitative estimate of drug-likeness (QED) is 0.659. The highest BCUT2D eigenvalue weighted by molar-refractivity contribution is 5.20. The zero-order chi connectivity index (χ0) is 9.42. The van der Waals surface area contributed by atoms with E-state index < -0.39 is 0 Å². The molecule has 72 valence electrons. The zero-order valence-electron chi connectivity index (χ0n) is 8.05. The number of H-pyrrole nitrogens is 1. The van der Waals surface area contributed by atoms with Crippen LogP contribution < -0.4 is 10.9 Å². The maximum Gasteiger partial charge on any atom is 0.271 e. The molecule has 0 unspecified atom stereocenters. The third kappa shape index (κ3) is 1.31. The van der Waals surface area contributed by atoms with Crippen molar-refractivity contribution in [2.45, 2.75) is 32.9 Å². The van der Waals surface area contributed by atoms with Crippen LogP contribution in [0.1, 0.15) is 31.1 Å². The van der Waals surface area contributed by atoms with Crippen LogP contribution in [0.3, 0.4) is 0 Å². The van der Waals surface area contributed by atoms with Crippen LogP contribution in [0.5, 0.6) is 0 Å². The number of rotatable bonds is 1. The first-order valence-electron chi connectivity index (χ1n) is 4.73. The summed E-state index contributed by atoms with van der Waals surface area (Å²) in [5.41, 5.74) is 2.16. The number of aromatic nitrogens is 2. The Balaban J connectivity index is 2.51. The SMILES string of the molecule is CC(C)n1[nH]c2c(c1=O)CNCC2. The Labute approximate surface area is 76.9 Å². The molecule has 1 aliphatic heterocycles. The smallest absolute Gasteiger partial charge is 0.271 e. The van der Waals surface area contributed by atoms with Crippen LogP contribution in [0.15, 0.2) is 4.79 Å². The molecule has 0 aromatic carbocycles. The summed E-state index contributed by atoms with van der Waals surface area (Å²) >= 11 is 0. The molecule has 2 N–H and O–H groups in total. The van der Waals surface area contributed by atoms with E-state index in [0.29, 0.717) is 6.54 Å². The van der Waals surface area contributed by atoms with Crippen molar-refractivity contribution < 1.29 is 0 Å². The second kappa shape index (κ2) is 3.03. The number of aromatic amines is 1. The van der Waals surface area contributed by atoms with Crippen molar-refractivity contribution in [1.29, 1.82) is 0 Å². The lowest BCUT2D eigenvalue weighted by atomic mass is 10.1. The van der Waals surface area contributed by atoms with Crippen LogP contribution in [-0.4, -0.2) is 16.3 Å². The van der Waals surface area contributed by atoms with E-state index in [1.165, 1.54) is 0 Å². The van der Waals surface area contributed by atoms with Crippen molar-refractivity contribution in [1.82, 2.24) is 15.1 Å². The molecule has 0 fully saturated rings. The number of hydrogen-bond donors (Lipinski definition) is 2. The Bertz CT molecular complexity index is 361. The topological polar surface area (TPSA) is 49.8 Å². The van der Waals surface area contributed by atoms with Crippen LogP contribution in [0.25, 0.3) is 0 Å². The Morgan fingerprint density at radius 2 is 2.23 bits per heavy atom. The van der Waals surface area contributed by atoms with Gasteiger partial charge in [-0.1, -0.05) is 0 Å². The summed E-state index contributed by atoms with van der Waals surface area (Å²) in [6.45, 7) is 5.70. The van der Waals surface area contributed by atoms with E-state index in [0.717, 1.165) is 24.2 Å². The van der Waals surface area contributed by atoms with Gasteiger partial charge in [0, 0.05) is 31.2 Å². The van der Waals surface area contributed by atoms with E-state index in [1.54, 1.807) is 4.68 Å². The largest absolute Gasteiger partial charge is 0.312 e. The summed E-state index contributed by atoms with van der Waals surface area (Å²) < 4.78 is 1.71. The summed E-state index contributed by atoms with van der Waals surface area (Å²) in [6, 6.07) is 0.220. The van der Waals surface area contributed by atoms with Gasteiger partial charge >= 0.3 is 0 Å². The van der Waals surface area contributed by atoms with E-state index in [9.17, 15) is 4.79 Å². The van der Waals surface area contributed by atoms with Crippen molar-refractivity contribution in [3.8, 4) is 0 Å². The van der Waals surface area contributed by atoms with Gasteiger partial charge in [-0.15, -0.1) is 0 Å². The Morgan fingerprint density at radius 1 is 1.46 bits per heavy atom. The average molecular weight is 181 g/mol. The van der Waals surface area contributed by atoms with Gasteiger partial charge in [-0.2, -0.15) is 0 Å². The van der Waals surface area contributed by atoms with Crippen molar-refractivity contribution >= 4 is 0 Å². The van der Waals surface area contributed by atoms with E-state index >= 15 is 0 Å². The van der Waals surface area contributed by atoms with Crippen LogP contribution in [0, 0.1) is 0 Å². The lowest BCUT2D eigenvalue weighted by Gasteiger charge is -2.09. The molecule has 1 aromatic heterocycles. The van der Waals surface area contributed by atoms with E-state index in [2.05, 4.69) is 10.4 Å². The summed E-state index contributed by atoms with van der Waals surface area (Å²) in [4.78, 5) is 11.7. The van der Waals surface area contributed by atoms with Crippen LogP contribution in [0.4, 0.5) is 0 Å². The summed E-state index contributed by atoms with van der Waals surface area (Å²) in [5.74, 6) is 0. The molecule has 4 heteroatoms. The molecule has 1 aliphatic rings. The number of nitrogens with zero attached hydrogens (tertiary/aromatic N) is 1. The van der Waals surface area contributed by atoms with E-state index in [1.807, 2.05) is 13.8 Å². The Morgan fingerprint density at radius 3 is 2.85 bits per heavy atom. The van der Waals surface area contributed by atoms with Gasteiger partial charge in [-0.3, -0.25) is 14.6 Å². The highest BCUT2D eigenvalue weighted by atomic mass is 16.1. The first kappa shape index (κ1) is 8.56. The van der Waals surface area contributed by atoms with Crippen LogP contribution in [0.2, 0.25) is 0 Å². The molecule has 0 radical (unpaired) electrons. The van der Waals surface area contributed by atoms with Gasteiger partial charge in [-0.05, 0) is 13.8 Å². The van der Waals surface area contributed by atoms with Gasteiger partial charge < -0.3 is 5.32 Å². The molecule has 0 spiro atoms. The van der Waals surface area contributed by atoms with Crippen LogP contribution >= 0.6 is 0 Å². The molecular formula is C9H15N3O. The molecule has 4 nitrogen and oxygen atoms in total. The second-order valence-corrected chi connectivity index (χ2v) is 3.76. The maximum atomic E-state index is 11.7. The Kier molecular flexibility index (Phi) is 2.00. The third-order valence-electron chi connectivity index (χ3n) is 2.47. The zero-order valence-corrected chi connectivity index (χ0v) is 8.05. The minimum absolute atomic E-state index is 0.136. The fourth-order valence-corrected chi connectivity index (χ4v) is 1.72. The average Bonchev–Trinajstić information content (AvgIpc) is 2.45. The fourth-order valence-electron chi connectivity index (χ4n) is 1.72. The number of fused-ring (bicyclic) bond motifs is 1. The number of nitrogens with one attached hydrogen (secondary N) is 2. The van der Waals surface area contributed by atoms with Crippen molar-refractivity contribution in [2.75, 3.05) is 6.54 Å². The summed E-state index contributed by atoms with van der Waals surface area (Å²) in [7, 11) is 0. The highest BCUT2D eigenvalue weighted by Crippen LogP contribution is 2.09. The normalized spacial score (nSPS) is 16.2. The predicted molar refractivity (Wildman–Crippen MR) is 50.8 cm³/mol. The number of hydrogen-bond acceptors (Lipinski definition) is 2. The van der Waals surface area contributed by atoms with Gasteiger partial charge in [0.25, 0.3) is 5.56 Å². The minimum Gasteiger partial charge on any atom is -0.312 e. The monoisotopic (exact) mass is 181 g/mol. The Hall–Kier alpha value is -1.03. The molecule has 1 aromatic rings. The molecule has 0 bridgehead atoms. The molecule has 13 heavy (non-hydrogen) atoms. The minimum atomic E-state index is 0.136. The molecule has 0 amide bonds. The third-order valence-corrected chi connectivity index (χ3v) is 2.47. The summed E-state index contributed by atoms with van der Waals surface area (Å²) in [5, 5.41) is 6.37. The molecule has 0 saturated heterocycles. The molecule has 2 heterocycles. The molecule has 0 saturated carbocycles. The van der Waals surface area contributed by atoms with E-state index in [-0.39, 0.29) is 11.6 Å². The van der Waals surface area contributed by atoms with Gasteiger partial charge in [0.2, 0.25) is 0 Å². The lowest BCUT2D eigenvalue weighted by Crippen LogP contribution is -2.28.